The summed E-state index contributed by atoms with van der Waals surface area (Å²) in [6, 6.07) is 16.1. The highest BCUT2D eigenvalue weighted by molar-refractivity contribution is 7.18. The predicted molar refractivity (Wildman–Crippen MR) is 143 cm³/mol. The molecule has 0 aliphatic rings. The van der Waals surface area contributed by atoms with Crippen molar-refractivity contribution in [3.8, 4) is 11.1 Å². The van der Waals surface area contributed by atoms with Crippen LogP contribution < -0.4 is 21.7 Å². The van der Waals surface area contributed by atoms with Crippen molar-refractivity contribution < 1.29 is 9.59 Å². The molecule has 5 aromatic rings. The summed E-state index contributed by atoms with van der Waals surface area (Å²) < 4.78 is 2.61. The van der Waals surface area contributed by atoms with Crippen LogP contribution in [0.4, 0.5) is 22.0 Å². The molecule has 2 aromatic carbocycles. The number of nitrogens with one attached hydrogen (secondary N) is 3. The van der Waals surface area contributed by atoms with Crippen molar-refractivity contribution in [1.29, 1.82) is 0 Å². The Morgan fingerprint density at radius 3 is 2.42 bits per heavy atom. The summed E-state index contributed by atoms with van der Waals surface area (Å²) in [5.41, 5.74) is 10.7. The van der Waals surface area contributed by atoms with E-state index in [0.29, 0.717) is 34.7 Å². The lowest BCUT2D eigenvalue weighted by atomic mass is 10.1. The Labute approximate surface area is 211 Å². The number of carbonyl (C=O) groups excluding carboxylic acids is 2. The van der Waals surface area contributed by atoms with E-state index in [4.69, 9.17) is 5.73 Å². The summed E-state index contributed by atoms with van der Waals surface area (Å²) in [6.45, 7) is 0.322. The molecule has 3 amide bonds. The van der Waals surface area contributed by atoms with Crippen LogP contribution in [0.5, 0.6) is 0 Å². The minimum atomic E-state index is -0.330. The Kier molecular flexibility index (Phi) is 6.33. The van der Waals surface area contributed by atoms with Crippen LogP contribution in [-0.2, 0) is 13.6 Å². The van der Waals surface area contributed by atoms with E-state index in [1.54, 1.807) is 34.6 Å². The van der Waals surface area contributed by atoms with Crippen LogP contribution >= 0.6 is 11.3 Å². The van der Waals surface area contributed by atoms with Gasteiger partial charge in [0, 0.05) is 64.0 Å². The first-order valence-electron chi connectivity index (χ1n) is 11.1. The van der Waals surface area contributed by atoms with Crippen LogP contribution in [0.25, 0.3) is 21.2 Å². The number of aromatic nitrogens is 3. The fraction of sp³-hybridized carbons (Fsp3) is 0.0769. The molecule has 0 aliphatic carbocycles. The standard InChI is InChI=1S/C26H23N7O2S/c1-33-14-17(12-30-33)20-13-28-24(27)22-21(15-36-23(20)22)25(34)29-11-16-7-9-19(10-8-16)32-26(35)31-18-5-3-2-4-6-18/h2-10,12-15H,11H2,1H3,(H2,27,28)(H,29,34)(H2,31,32,35). The molecule has 3 heterocycles. The second kappa shape index (κ2) is 9.88. The highest BCUT2D eigenvalue weighted by Crippen LogP contribution is 2.37. The number of carbonyl (C=O) groups is 2. The average molecular weight is 498 g/mol. The molecule has 5 N–H and O–H groups in total. The number of nitrogens with two attached hydrogens (primary N) is 1. The van der Waals surface area contributed by atoms with E-state index in [0.717, 1.165) is 21.4 Å². The van der Waals surface area contributed by atoms with Gasteiger partial charge in [0.15, 0.2) is 0 Å². The number of nitrogens with zero attached hydrogens (tertiary/aromatic N) is 3. The fourth-order valence-electron chi connectivity index (χ4n) is 3.80. The molecule has 5 rings (SSSR count). The number of hydrogen-bond acceptors (Lipinski definition) is 6. The predicted octanol–water partition coefficient (Wildman–Crippen LogP) is 4.85. The van der Waals surface area contributed by atoms with Crippen LogP contribution in [0.2, 0.25) is 0 Å². The number of urea groups is 1. The normalized spacial score (nSPS) is 10.8. The molecule has 9 nitrogen and oxygen atoms in total. The minimum Gasteiger partial charge on any atom is -0.383 e. The highest BCUT2D eigenvalue weighted by Gasteiger charge is 2.19. The number of para-hydroxylation sites is 1. The highest BCUT2D eigenvalue weighted by atomic mass is 32.1. The maximum atomic E-state index is 13.0. The number of nitrogen functional groups attached to an aromatic ring is 1. The van der Waals surface area contributed by atoms with E-state index in [1.807, 2.05) is 55.7 Å². The van der Waals surface area contributed by atoms with Crippen molar-refractivity contribution in [2.45, 2.75) is 6.54 Å². The van der Waals surface area contributed by atoms with Crippen LogP contribution in [0.3, 0.4) is 0 Å². The molecule has 0 saturated carbocycles. The zero-order valence-electron chi connectivity index (χ0n) is 19.4. The topological polar surface area (TPSA) is 127 Å². The number of aryl methyl sites for hydroxylation is 1. The van der Waals surface area contributed by atoms with E-state index >= 15 is 0 Å². The van der Waals surface area contributed by atoms with Crippen LogP contribution in [-0.4, -0.2) is 26.7 Å². The quantitative estimate of drug-likeness (QED) is 0.267. The number of thiophene rings is 1. The van der Waals surface area contributed by atoms with E-state index in [9.17, 15) is 9.59 Å². The first-order valence-corrected chi connectivity index (χ1v) is 12.0. The largest absolute Gasteiger partial charge is 0.383 e. The second-order valence-electron chi connectivity index (χ2n) is 8.14. The molecular weight excluding hydrogens is 474 g/mol. The summed E-state index contributed by atoms with van der Waals surface area (Å²) in [7, 11) is 1.85. The summed E-state index contributed by atoms with van der Waals surface area (Å²) in [5.74, 6) is 0.0794. The maximum absolute atomic E-state index is 13.0. The molecule has 0 bridgehead atoms. The number of amides is 3. The monoisotopic (exact) mass is 497 g/mol. The van der Waals surface area contributed by atoms with Gasteiger partial charge in [0.05, 0.1) is 11.8 Å². The molecule has 180 valence electrons. The van der Waals surface area contributed by atoms with Crippen molar-refractivity contribution in [2.24, 2.45) is 7.05 Å². The third-order valence-electron chi connectivity index (χ3n) is 5.58. The molecule has 3 aromatic heterocycles. The lowest BCUT2D eigenvalue weighted by molar-refractivity contribution is 0.0953. The molecule has 0 radical (unpaired) electrons. The number of rotatable bonds is 6. The lowest BCUT2D eigenvalue weighted by Crippen LogP contribution is -2.23. The van der Waals surface area contributed by atoms with Gasteiger partial charge in [-0.05, 0) is 29.8 Å². The Balaban J connectivity index is 1.24. The van der Waals surface area contributed by atoms with Gasteiger partial charge in [-0.1, -0.05) is 30.3 Å². The molecule has 0 unspecified atom stereocenters. The molecule has 0 atom stereocenters. The Hall–Kier alpha value is -4.70. The minimum absolute atomic E-state index is 0.234. The van der Waals surface area contributed by atoms with Gasteiger partial charge in [-0.3, -0.25) is 9.48 Å². The van der Waals surface area contributed by atoms with Gasteiger partial charge >= 0.3 is 6.03 Å². The van der Waals surface area contributed by atoms with E-state index < -0.39 is 0 Å². The fourth-order valence-corrected chi connectivity index (χ4v) is 4.89. The molecule has 0 saturated heterocycles. The van der Waals surface area contributed by atoms with Crippen LogP contribution in [0.1, 0.15) is 15.9 Å². The van der Waals surface area contributed by atoms with Gasteiger partial charge in [-0.25, -0.2) is 9.78 Å². The smallest absolute Gasteiger partial charge is 0.323 e. The number of fused-ring (bicyclic) bond motifs is 1. The molecule has 10 heteroatoms. The third kappa shape index (κ3) is 4.89. The van der Waals surface area contributed by atoms with Gasteiger partial charge in [0.2, 0.25) is 0 Å². The Morgan fingerprint density at radius 2 is 1.72 bits per heavy atom. The Bertz CT molecular complexity index is 1540. The summed E-state index contributed by atoms with van der Waals surface area (Å²) in [4.78, 5) is 29.5. The van der Waals surface area contributed by atoms with Gasteiger partial charge in [-0.2, -0.15) is 5.10 Å². The van der Waals surface area contributed by atoms with Crippen molar-refractivity contribution in [3.63, 3.8) is 0 Å². The molecule has 0 fully saturated rings. The zero-order valence-corrected chi connectivity index (χ0v) is 20.2. The third-order valence-corrected chi connectivity index (χ3v) is 6.59. The molecule has 0 spiro atoms. The first kappa shape index (κ1) is 23.1. The maximum Gasteiger partial charge on any atom is 0.323 e. The lowest BCUT2D eigenvalue weighted by Gasteiger charge is -2.09. The van der Waals surface area contributed by atoms with Crippen molar-refractivity contribution >= 4 is 50.6 Å². The number of pyridine rings is 1. The van der Waals surface area contributed by atoms with Gasteiger partial charge in [-0.15, -0.1) is 11.3 Å². The Morgan fingerprint density at radius 1 is 1.00 bits per heavy atom. The van der Waals surface area contributed by atoms with E-state index in [2.05, 4.69) is 26.0 Å². The summed E-state index contributed by atoms with van der Waals surface area (Å²) in [6.07, 6.45) is 5.37. The van der Waals surface area contributed by atoms with Crippen LogP contribution in [0, 0.1) is 0 Å². The van der Waals surface area contributed by atoms with E-state index in [1.165, 1.54) is 11.3 Å². The zero-order chi connectivity index (χ0) is 25.1. The van der Waals surface area contributed by atoms with Gasteiger partial charge in [0.25, 0.3) is 5.91 Å². The number of benzene rings is 2. The first-order chi connectivity index (χ1) is 17.5. The average Bonchev–Trinajstić information content (AvgIpc) is 3.52. The number of anilines is 3. The van der Waals surface area contributed by atoms with Crippen molar-refractivity contribution in [2.75, 3.05) is 16.4 Å². The van der Waals surface area contributed by atoms with Crippen molar-refractivity contribution in [1.82, 2.24) is 20.1 Å². The van der Waals surface area contributed by atoms with Crippen molar-refractivity contribution in [3.05, 3.63) is 89.7 Å². The molecule has 36 heavy (non-hydrogen) atoms. The summed E-state index contributed by atoms with van der Waals surface area (Å²) >= 11 is 1.45. The summed E-state index contributed by atoms with van der Waals surface area (Å²) in [5, 5.41) is 15.2. The SMILES string of the molecule is Cn1cc(-c2cnc(N)c3c(C(=O)NCc4ccc(NC(=O)Nc5ccccc5)cc4)csc23)cn1. The molecule has 0 aliphatic heterocycles. The van der Waals surface area contributed by atoms with Gasteiger partial charge in [0.1, 0.15) is 5.82 Å². The van der Waals surface area contributed by atoms with Crippen LogP contribution in [0.15, 0.2) is 78.6 Å². The molecular formula is C26H23N7O2S. The second-order valence-corrected chi connectivity index (χ2v) is 9.02. The van der Waals surface area contributed by atoms with E-state index in [-0.39, 0.29) is 11.9 Å². The van der Waals surface area contributed by atoms with Gasteiger partial charge < -0.3 is 21.7 Å². The number of hydrogen-bond donors (Lipinski definition) is 4.